The van der Waals surface area contributed by atoms with Crippen molar-refractivity contribution in [2.24, 2.45) is 0 Å². The molecule has 74 valence electrons. The molecule has 0 aliphatic rings. The van der Waals surface area contributed by atoms with Crippen molar-refractivity contribution in [2.45, 2.75) is 20.8 Å². The number of phenols is 1. The normalized spacial score (nSPS) is 9.00. The Morgan fingerprint density at radius 2 is 1.46 bits per heavy atom. The van der Waals surface area contributed by atoms with E-state index < -0.39 is 0 Å². The van der Waals surface area contributed by atoms with E-state index in [2.05, 4.69) is 5.32 Å². The fourth-order valence-electron chi connectivity index (χ4n) is 0.942. The monoisotopic (exact) mass is 181 g/mol. The van der Waals surface area contributed by atoms with E-state index in [0.717, 1.165) is 5.56 Å². The number of hydrogen-bond donors (Lipinski definition) is 2. The van der Waals surface area contributed by atoms with Crippen LogP contribution in [0.15, 0.2) is 12.1 Å². The first-order chi connectivity index (χ1) is 6.04. The minimum absolute atomic E-state index is 0.392. The lowest BCUT2D eigenvalue weighted by molar-refractivity contribution is 0.470. The minimum Gasteiger partial charge on any atom is -0.508 e. The van der Waals surface area contributed by atoms with Crippen molar-refractivity contribution in [2.75, 3.05) is 14.1 Å². The van der Waals surface area contributed by atoms with E-state index >= 15 is 0 Å². The maximum Gasteiger partial charge on any atom is 0.118 e. The topological polar surface area (TPSA) is 32.3 Å². The van der Waals surface area contributed by atoms with E-state index in [1.165, 1.54) is 11.1 Å². The first kappa shape index (κ1) is 12.0. The Morgan fingerprint density at radius 1 is 1.00 bits per heavy atom. The van der Waals surface area contributed by atoms with E-state index in [-0.39, 0.29) is 0 Å². The molecule has 0 saturated carbocycles. The van der Waals surface area contributed by atoms with E-state index in [0.29, 0.717) is 5.75 Å². The van der Waals surface area contributed by atoms with Crippen LogP contribution in [0.4, 0.5) is 0 Å². The van der Waals surface area contributed by atoms with Crippen molar-refractivity contribution >= 4 is 0 Å². The van der Waals surface area contributed by atoms with Gasteiger partial charge in [0.05, 0.1) is 0 Å². The number of rotatable bonds is 0. The van der Waals surface area contributed by atoms with E-state index in [4.69, 9.17) is 0 Å². The highest BCUT2D eigenvalue weighted by Gasteiger charge is 1.99. The SMILES string of the molecule is CNC.Cc1ccc(O)c(C)c1C. The summed E-state index contributed by atoms with van der Waals surface area (Å²) in [6.07, 6.45) is 0. The molecule has 0 spiro atoms. The Labute approximate surface area is 80.6 Å². The van der Waals surface area contributed by atoms with Gasteiger partial charge in [-0.25, -0.2) is 0 Å². The third-order valence-corrected chi connectivity index (χ3v) is 2.03. The smallest absolute Gasteiger partial charge is 0.118 e. The van der Waals surface area contributed by atoms with Crippen LogP contribution < -0.4 is 5.32 Å². The molecule has 0 radical (unpaired) electrons. The molecular formula is C11H19NO. The van der Waals surface area contributed by atoms with Gasteiger partial charge in [-0.05, 0) is 57.6 Å². The molecule has 0 atom stereocenters. The molecular weight excluding hydrogens is 162 g/mol. The molecule has 0 aromatic heterocycles. The second-order valence-electron chi connectivity index (χ2n) is 3.15. The number of aromatic hydroxyl groups is 1. The van der Waals surface area contributed by atoms with Crippen LogP contribution in [0.5, 0.6) is 5.75 Å². The van der Waals surface area contributed by atoms with Crippen molar-refractivity contribution < 1.29 is 5.11 Å². The summed E-state index contributed by atoms with van der Waals surface area (Å²) < 4.78 is 0. The third kappa shape index (κ3) is 3.47. The molecule has 0 heterocycles. The van der Waals surface area contributed by atoms with Gasteiger partial charge in [0.15, 0.2) is 0 Å². The Kier molecular flexibility index (Phi) is 5.16. The number of hydrogen-bond acceptors (Lipinski definition) is 2. The van der Waals surface area contributed by atoms with Gasteiger partial charge in [-0.1, -0.05) is 6.07 Å². The summed E-state index contributed by atoms with van der Waals surface area (Å²) in [7, 11) is 3.75. The highest BCUT2D eigenvalue weighted by Crippen LogP contribution is 2.21. The van der Waals surface area contributed by atoms with Crippen LogP contribution in [0.2, 0.25) is 0 Å². The average molecular weight is 181 g/mol. The third-order valence-electron chi connectivity index (χ3n) is 2.03. The predicted molar refractivity (Wildman–Crippen MR) is 57.3 cm³/mol. The Hall–Kier alpha value is -1.02. The maximum atomic E-state index is 9.22. The summed E-state index contributed by atoms with van der Waals surface area (Å²) in [4.78, 5) is 0. The molecule has 1 aromatic rings. The highest BCUT2D eigenvalue weighted by atomic mass is 16.3. The minimum atomic E-state index is 0.392. The summed E-state index contributed by atoms with van der Waals surface area (Å²) in [5, 5.41) is 12.0. The van der Waals surface area contributed by atoms with Gasteiger partial charge >= 0.3 is 0 Å². The number of nitrogens with one attached hydrogen (secondary N) is 1. The lowest BCUT2D eigenvalue weighted by Crippen LogP contribution is -1.89. The molecule has 0 bridgehead atoms. The molecule has 2 N–H and O–H groups in total. The zero-order chi connectivity index (χ0) is 10.4. The number of benzene rings is 1. The lowest BCUT2D eigenvalue weighted by atomic mass is 10.0. The first-order valence-corrected chi connectivity index (χ1v) is 4.38. The highest BCUT2D eigenvalue weighted by molar-refractivity contribution is 5.41. The molecule has 13 heavy (non-hydrogen) atoms. The molecule has 2 nitrogen and oxygen atoms in total. The molecule has 0 unspecified atom stereocenters. The van der Waals surface area contributed by atoms with Gasteiger partial charge in [0.2, 0.25) is 0 Å². The van der Waals surface area contributed by atoms with Crippen molar-refractivity contribution in [1.82, 2.24) is 5.32 Å². The van der Waals surface area contributed by atoms with Gasteiger partial charge in [0, 0.05) is 0 Å². The second kappa shape index (κ2) is 5.60. The van der Waals surface area contributed by atoms with Gasteiger partial charge < -0.3 is 10.4 Å². The summed E-state index contributed by atoms with van der Waals surface area (Å²) in [6.45, 7) is 5.99. The van der Waals surface area contributed by atoms with Crippen LogP contribution in [-0.4, -0.2) is 19.2 Å². The lowest BCUT2D eigenvalue weighted by Gasteiger charge is -2.04. The largest absolute Gasteiger partial charge is 0.508 e. The van der Waals surface area contributed by atoms with E-state index in [1.807, 2.05) is 40.9 Å². The fraction of sp³-hybridized carbons (Fsp3) is 0.455. The van der Waals surface area contributed by atoms with Crippen LogP contribution >= 0.6 is 0 Å². The Bertz CT molecular complexity index is 242. The van der Waals surface area contributed by atoms with E-state index in [1.54, 1.807) is 6.07 Å². The maximum absolute atomic E-state index is 9.22. The van der Waals surface area contributed by atoms with Crippen LogP contribution in [0.25, 0.3) is 0 Å². The summed E-state index contributed by atoms with van der Waals surface area (Å²) in [6, 6.07) is 3.66. The molecule has 2 heteroatoms. The zero-order valence-corrected chi connectivity index (χ0v) is 9.10. The fourth-order valence-corrected chi connectivity index (χ4v) is 0.942. The molecule has 1 rings (SSSR count). The number of aryl methyl sites for hydroxylation is 1. The molecule has 1 aromatic carbocycles. The van der Waals surface area contributed by atoms with Gasteiger partial charge in [0.25, 0.3) is 0 Å². The first-order valence-electron chi connectivity index (χ1n) is 4.38. The Morgan fingerprint density at radius 3 is 1.85 bits per heavy atom. The van der Waals surface area contributed by atoms with E-state index in [9.17, 15) is 5.11 Å². The standard InChI is InChI=1S/C9H12O.C2H7N/c1-6-4-5-9(10)8(3)7(6)2;1-3-2/h4-5,10H,1-3H3;3H,1-2H3. The molecule has 0 fully saturated rings. The molecule has 0 aliphatic carbocycles. The summed E-state index contributed by atoms with van der Waals surface area (Å²) in [5.41, 5.74) is 3.40. The Balaban J connectivity index is 0.000000424. The van der Waals surface area contributed by atoms with Gasteiger partial charge in [-0.3, -0.25) is 0 Å². The molecule has 0 amide bonds. The van der Waals surface area contributed by atoms with Crippen molar-refractivity contribution in [3.63, 3.8) is 0 Å². The van der Waals surface area contributed by atoms with Gasteiger partial charge in [-0.15, -0.1) is 0 Å². The summed E-state index contributed by atoms with van der Waals surface area (Å²) in [5.74, 6) is 0.392. The van der Waals surface area contributed by atoms with Crippen LogP contribution in [-0.2, 0) is 0 Å². The predicted octanol–water partition coefficient (Wildman–Crippen LogP) is 2.15. The summed E-state index contributed by atoms with van der Waals surface area (Å²) >= 11 is 0. The molecule has 0 saturated heterocycles. The van der Waals surface area contributed by atoms with Crippen LogP contribution in [0, 0.1) is 20.8 Å². The number of phenolic OH excluding ortho intramolecular Hbond substituents is 1. The van der Waals surface area contributed by atoms with Crippen LogP contribution in [0.3, 0.4) is 0 Å². The van der Waals surface area contributed by atoms with Crippen LogP contribution in [0.1, 0.15) is 16.7 Å². The van der Waals surface area contributed by atoms with Gasteiger partial charge in [-0.2, -0.15) is 0 Å². The van der Waals surface area contributed by atoms with Crippen molar-refractivity contribution in [3.05, 3.63) is 28.8 Å². The average Bonchev–Trinajstić information content (AvgIpc) is 2.10. The van der Waals surface area contributed by atoms with Gasteiger partial charge in [0.1, 0.15) is 5.75 Å². The molecule has 0 aliphatic heterocycles. The quantitative estimate of drug-likeness (QED) is 0.643. The van der Waals surface area contributed by atoms with Crippen molar-refractivity contribution in [1.29, 1.82) is 0 Å². The second-order valence-corrected chi connectivity index (χ2v) is 3.15. The zero-order valence-electron chi connectivity index (χ0n) is 9.10. The van der Waals surface area contributed by atoms with Crippen molar-refractivity contribution in [3.8, 4) is 5.75 Å².